The number of aromatic nitrogens is 4. The van der Waals surface area contributed by atoms with Crippen LogP contribution in [0.25, 0.3) is 11.4 Å². The third-order valence-electron chi connectivity index (χ3n) is 4.41. The Bertz CT molecular complexity index is 926. The van der Waals surface area contributed by atoms with Gasteiger partial charge in [0.2, 0.25) is 18.5 Å². The number of hydrogen-bond donors (Lipinski definition) is 0. The Morgan fingerprint density at radius 3 is 3.12 bits per heavy atom. The van der Waals surface area contributed by atoms with Gasteiger partial charge in [-0.2, -0.15) is 4.98 Å². The number of hydrogen-bond acceptors (Lipinski definition) is 8. The lowest BCUT2D eigenvalue weighted by atomic mass is 10.1. The Labute approximate surface area is 143 Å². The van der Waals surface area contributed by atoms with Crippen molar-refractivity contribution in [2.24, 2.45) is 0 Å². The average Bonchev–Trinajstić information content (AvgIpc) is 3.30. The van der Waals surface area contributed by atoms with Gasteiger partial charge in [0.25, 0.3) is 0 Å². The molecule has 0 bridgehead atoms. The molecule has 2 aromatic heterocycles. The van der Waals surface area contributed by atoms with Gasteiger partial charge in [-0.05, 0) is 30.2 Å². The summed E-state index contributed by atoms with van der Waals surface area (Å²) in [6.45, 7) is 2.53. The standard InChI is InChI=1S/C17H15N5O3/c1-2-14-15(24-10-23-14)5-11(1)17-20-16(25-21-17)8-22-4-3-12-6-18-9-19-13(12)7-22/h1-2,5-6,9H,3-4,7-8,10H2. The first-order valence-electron chi connectivity index (χ1n) is 8.08. The molecule has 5 rings (SSSR count). The highest BCUT2D eigenvalue weighted by atomic mass is 16.7. The van der Waals surface area contributed by atoms with Crippen LogP contribution in [-0.4, -0.2) is 38.3 Å². The van der Waals surface area contributed by atoms with E-state index in [0.717, 1.165) is 36.5 Å². The van der Waals surface area contributed by atoms with E-state index in [2.05, 4.69) is 25.0 Å². The molecule has 25 heavy (non-hydrogen) atoms. The molecule has 0 aliphatic carbocycles. The van der Waals surface area contributed by atoms with Crippen LogP contribution >= 0.6 is 0 Å². The lowest BCUT2D eigenvalue weighted by Gasteiger charge is -2.25. The Morgan fingerprint density at radius 2 is 2.12 bits per heavy atom. The van der Waals surface area contributed by atoms with E-state index in [1.165, 1.54) is 5.56 Å². The zero-order valence-electron chi connectivity index (χ0n) is 13.4. The van der Waals surface area contributed by atoms with Gasteiger partial charge in [-0.1, -0.05) is 5.16 Å². The zero-order valence-corrected chi connectivity index (χ0v) is 13.4. The first kappa shape index (κ1) is 14.4. The van der Waals surface area contributed by atoms with Crippen LogP contribution in [0.2, 0.25) is 0 Å². The minimum absolute atomic E-state index is 0.246. The van der Waals surface area contributed by atoms with Crippen molar-refractivity contribution in [1.29, 1.82) is 0 Å². The molecule has 2 aliphatic rings. The first-order valence-corrected chi connectivity index (χ1v) is 8.08. The molecule has 0 saturated heterocycles. The quantitative estimate of drug-likeness (QED) is 0.715. The van der Waals surface area contributed by atoms with Crippen LogP contribution in [0.4, 0.5) is 0 Å². The van der Waals surface area contributed by atoms with Crippen molar-refractivity contribution in [3.05, 3.63) is 47.9 Å². The molecule has 0 spiro atoms. The van der Waals surface area contributed by atoms with Crippen LogP contribution in [0.3, 0.4) is 0 Å². The second-order valence-corrected chi connectivity index (χ2v) is 6.04. The molecule has 126 valence electrons. The van der Waals surface area contributed by atoms with Gasteiger partial charge >= 0.3 is 0 Å². The Kier molecular flexibility index (Phi) is 3.34. The fourth-order valence-corrected chi connectivity index (χ4v) is 3.10. The summed E-state index contributed by atoms with van der Waals surface area (Å²) in [7, 11) is 0. The predicted molar refractivity (Wildman–Crippen MR) is 85.7 cm³/mol. The molecule has 0 unspecified atom stereocenters. The van der Waals surface area contributed by atoms with Gasteiger partial charge in [0.1, 0.15) is 6.33 Å². The Hall–Kier alpha value is -3.00. The minimum Gasteiger partial charge on any atom is -0.454 e. The monoisotopic (exact) mass is 337 g/mol. The maximum atomic E-state index is 5.42. The van der Waals surface area contributed by atoms with Crippen LogP contribution in [0, 0.1) is 0 Å². The van der Waals surface area contributed by atoms with Gasteiger partial charge in [-0.3, -0.25) is 4.90 Å². The number of ether oxygens (including phenoxy) is 2. The SMILES string of the molecule is c1ncc2c(n1)CN(Cc1nc(-c3ccc4c(c3)OCO4)no1)CC2. The highest BCUT2D eigenvalue weighted by Gasteiger charge is 2.21. The van der Waals surface area contributed by atoms with Crippen LogP contribution in [0.5, 0.6) is 11.5 Å². The normalized spacial score (nSPS) is 16.0. The molecule has 0 N–H and O–H groups in total. The minimum atomic E-state index is 0.246. The molecule has 0 fully saturated rings. The zero-order chi connectivity index (χ0) is 16.6. The highest BCUT2D eigenvalue weighted by Crippen LogP contribution is 2.35. The number of rotatable bonds is 3. The van der Waals surface area contributed by atoms with E-state index >= 15 is 0 Å². The highest BCUT2D eigenvalue weighted by molar-refractivity contribution is 5.61. The van der Waals surface area contributed by atoms with Crippen molar-refractivity contribution >= 4 is 0 Å². The fraction of sp³-hybridized carbons (Fsp3) is 0.294. The molecule has 3 aromatic rings. The van der Waals surface area contributed by atoms with E-state index in [-0.39, 0.29) is 6.79 Å². The van der Waals surface area contributed by atoms with E-state index < -0.39 is 0 Å². The third-order valence-corrected chi connectivity index (χ3v) is 4.41. The number of nitrogens with zero attached hydrogens (tertiary/aromatic N) is 5. The fourth-order valence-electron chi connectivity index (χ4n) is 3.10. The lowest BCUT2D eigenvalue weighted by molar-refractivity contribution is 0.174. The van der Waals surface area contributed by atoms with Gasteiger partial charge in [-0.25, -0.2) is 9.97 Å². The van der Waals surface area contributed by atoms with Crippen LogP contribution in [0.15, 0.2) is 35.2 Å². The average molecular weight is 337 g/mol. The summed E-state index contributed by atoms with van der Waals surface area (Å²) in [5.41, 5.74) is 3.12. The summed E-state index contributed by atoms with van der Waals surface area (Å²) >= 11 is 0. The maximum Gasteiger partial charge on any atom is 0.241 e. The molecule has 0 atom stereocenters. The molecule has 1 aromatic carbocycles. The van der Waals surface area contributed by atoms with E-state index in [1.807, 2.05) is 24.4 Å². The van der Waals surface area contributed by atoms with Crippen molar-refractivity contribution in [2.45, 2.75) is 19.5 Å². The lowest BCUT2D eigenvalue weighted by Crippen LogP contribution is -2.30. The van der Waals surface area contributed by atoms with Gasteiger partial charge < -0.3 is 14.0 Å². The number of fused-ring (bicyclic) bond motifs is 2. The van der Waals surface area contributed by atoms with E-state index in [0.29, 0.717) is 24.0 Å². The van der Waals surface area contributed by atoms with Crippen LogP contribution in [0.1, 0.15) is 17.1 Å². The predicted octanol–water partition coefficient (Wildman–Crippen LogP) is 1.81. The van der Waals surface area contributed by atoms with Gasteiger partial charge in [-0.15, -0.1) is 0 Å². The van der Waals surface area contributed by atoms with Crippen molar-refractivity contribution in [3.8, 4) is 22.9 Å². The van der Waals surface area contributed by atoms with Crippen LogP contribution < -0.4 is 9.47 Å². The summed E-state index contributed by atoms with van der Waals surface area (Å²) < 4.78 is 16.1. The third kappa shape index (κ3) is 2.70. The van der Waals surface area contributed by atoms with E-state index in [1.54, 1.807) is 6.33 Å². The summed E-state index contributed by atoms with van der Waals surface area (Å²) in [6.07, 6.45) is 4.41. The molecule has 2 aliphatic heterocycles. The second-order valence-electron chi connectivity index (χ2n) is 6.04. The second kappa shape index (κ2) is 5.82. The Morgan fingerprint density at radius 1 is 1.16 bits per heavy atom. The molecule has 8 nitrogen and oxygen atoms in total. The molecule has 0 saturated carbocycles. The number of benzene rings is 1. The van der Waals surface area contributed by atoms with Gasteiger partial charge in [0.15, 0.2) is 11.5 Å². The van der Waals surface area contributed by atoms with Gasteiger partial charge in [0.05, 0.1) is 12.2 Å². The van der Waals surface area contributed by atoms with E-state index in [9.17, 15) is 0 Å². The Balaban J connectivity index is 1.32. The molecule has 4 heterocycles. The summed E-state index contributed by atoms with van der Waals surface area (Å²) in [4.78, 5) is 15.2. The molecular weight excluding hydrogens is 322 g/mol. The molecule has 8 heteroatoms. The summed E-state index contributed by atoms with van der Waals surface area (Å²) in [5.74, 6) is 2.58. The van der Waals surface area contributed by atoms with E-state index in [4.69, 9.17) is 14.0 Å². The van der Waals surface area contributed by atoms with Crippen molar-refractivity contribution in [1.82, 2.24) is 25.0 Å². The topological polar surface area (TPSA) is 86.4 Å². The maximum absolute atomic E-state index is 5.42. The van der Waals surface area contributed by atoms with Crippen molar-refractivity contribution < 1.29 is 14.0 Å². The smallest absolute Gasteiger partial charge is 0.241 e. The molecular formula is C17H15N5O3. The van der Waals surface area contributed by atoms with Crippen LogP contribution in [-0.2, 0) is 19.5 Å². The van der Waals surface area contributed by atoms with Crippen molar-refractivity contribution in [3.63, 3.8) is 0 Å². The first-order chi connectivity index (χ1) is 12.3. The summed E-state index contributed by atoms with van der Waals surface area (Å²) in [5, 5.41) is 4.09. The van der Waals surface area contributed by atoms with Crippen molar-refractivity contribution in [2.75, 3.05) is 13.3 Å². The van der Waals surface area contributed by atoms with Gasteiger partial charge in [0, 0.05) is 24.8 Å². The molecule has 0 amide bonds. The largest absolute Gasteiger partial charge is 0.454 e. The summed E-state index contributed by atoms with van der Waals surface area (Å²) in [6, 6.07) is 5.62. The molecule has 0 radical (unpaired) electrons.